The maximum absolute atomic E-state index is 2.43. The molecule has 0 fully saturated rings. The molecule has 0 aliphatic rings. The normalized spacial score (nSPS) is 13.1. The van der Waals surface area contributed by atoms with Gasteiger partial charge in [-0.15, -0.1) is 0 Å². The van der Waals surface area contributed by atoms with Crippen molar-refractivity contribution in [3.05, 3.63) is 71.8 Å². The van der Waals surface area contributed by atoms with Crippen LogP contribution >= 0.6 is 0 Å². The monoisotopic (exact) mass is 308 g/mol. The Morgan fingerprint density at radius 1 is 0.565 bits per heavy atom. The van der Waals surface area contributed by atoms with Gasteiger partial charge >= 0.3 is 0 Å². The van der Waals surface area contributed by atoms with E-state index in [9.17, 15) is 0 Å². The smallest absolute Gasteiger partial charge is 0.0225 e. The van der Waals surface area contributed by atoms with Gasteiger partial charge in [-0.2, -0.15) is 0 Å². The van der Waals surface area contributed by atoms with Gasteiger partial charge in [-0.25, -0.2) is 0 Å². The van der Waals surface area contributed by atoms with E-state index in [0.717, 1.165) is 0 Å². The predicted molar refractivity (Wildman–Crippen MR) is 102 cm³/mol. The van der Waals surface area contributed by atoms with Crippen molar-refractivity contribution in [3.8, 4) is 0 Å². The van der Waals surface area contributed by atoms with Gasteiger partial charge in [0, 0.05) is 5.41 Å². The van der Waals surface area contributed by atoms with Gasteiger partial charge in [0.05, 0.1) is 0 Å². The summed E-state index contributed by atoms with van der Waals surface area (Å²) < 4.78 is 0. The van der Waals surface area contributed by atoms with Crippen LogP contribution in [0.3, 0.4) is 0 Å². The van der Waals surface area contributed by atoms with E-state index in [4.69, 9.17) is 0 Å². The zero-order valence-electron chi connectivity index (χ0n) is 15.7. The Balaban J connectivity index is 2.50. The molecule has 0 bridgehead atoms. The molecule has 0 nitrogen and oxygen atoms in total. The van der Waals surface area contributed by atoms with Crippen molar-refractivity contribution < 1.29 is 0 Å². The summed E-state index contributed by atoms with van der Waals surface area (Å²) in [7, 11) is 0. The van der Waals surface area contributed by atoms with Crippen LogP contribution in [-0.2, 0) is 5.41 Å². The van der Waals surface area contributed by atoms with E-state index >= 15 is 0 Å². The van der Waals surface area contributed by atoms with Gasteiger partial charge in [0.1, 0.15) is 0 Å². The Hall–Kier alpha value is -1.56. The molecule has 2 aromatic rings. The molecular weight excluding hydrogens is 276 g/mol. The second kappa shape index (κ2) is 6.51. The van der Waals surface area contributed by atoms with E-state index in [1.165, 1.54) is 24.0 Å². The number of benzene rings is 2. The van der Waals surface area contributed by atoms with Gasteiger partial charge < -0.3 is 0 Å². The Morgan fingerprint density at radius 3 is 1.30 bits per heavy atom. The summed E-state index contributed by atoms with van der Waals surface area (Å²) in [5.41, 5.74) is 3.35. The summed E-state index contributed by atoms with van der Waals surface area (Å²) in [6, 6.07) is 22.0. The Kier molecular flexibility index (Phi) is 5.04. The topological polar surface area (TPSA) is 0 Å². The second-order valence-electron chi connectivity index (χ2n) is 8.80. The first-order valence-electron chi connectivity index (χ1n) is 8.78. The van der Waals surface area contributed by atoms with Crippen molar-refractivity contribution in [3.63, 3.8) is 0 Å². The average Bonchev–Trinajstić information content (AvgIpc) is 2.53. The molecule has 23 heavy (non-hydrogen) atoms. The molecule has 0 heteroatoms. The van der Waals surface area contributed by atoms with Crippen LogP contribution in [0.4, 0.5) is 0 Å². The molecule has 0 unspecified atom stereocenters. The molecule has 0 aliphatic carbocycles. The SMILES string of the molecule is CC(C)(C)CCC(C)(C)C(C)(c1ccccc1)c1ccccc1. The highest BCUT2D eigenvalue weighted by Gasteiger charge is 2.43. The predicted octanol–water partition coefficient (Wildman–Crippen LogP) is 6.85. The first-order chi connectivity index (χ1) is 10.7. The van der Waals surface area contributed by atoms with E-state index < -0.39 is 0 Å². The minimum atomic E-state index is 0.000764. The lowest BCUT2D eigenvalue weighted by molar-refractivity contribution is 0.168. The zero-order valence-corrected chi connectivity index (χ0v) is 15.7. The number of hydrogen-bond acceptors (Lipinski definition) is 0. The van der Waals surface area contributed by atoms with Crippen LogP contribution in [0, 0.1) is 10.8 Å². The maximum Gasteiger partial charge on any atom is 0.0225 e. The van der Waals surface area contributed by atoms with E-state index in [1.54, 1.807) is 0 Å². The van der Waals surface area contributed by atoms with Crippen LogP contribution in [0.2, 0.25) is 0 Å². The van der Waals surface area contributed by atoms with Crippen LogP contribution in [0.15, 0.2) is 60.7 Å². The van der Waals surface area contributed by atoms with Crippen molar-refractivity contribution in [2.75, 3.05) is 0 Å². The largest absolute Gasteiger partial charge is 0.0622 e. The molecule has 2 aromatic carbocycles. The molecule has 2 rings (SSSR count). The summed E-state index contributed by atoms with van der Waals surface area (Å²) in [5.74, 6) is 0. The summed E-state index contributed by atoms with van der Waals surface area (Å²) in [6.45, 7) is 14.3. The zero-order chi connectivity index (χ0) is 17.1. The molecule has 0 N–H and O–H groups in total. The second-order valence-corrected chi connectivity index (χ2v) is 8.80. The molecule has 0 saturated carbocycles. The fourth-order valence-corrected chi connectivity index (χ4v) is 3.43. The summed E-state index contributed by atoms with van der Waals surface area (Å²) in [4.78, 5) is 0. The van der Waals surface area contributed by atoms with Gasteiger partial charge in [0.25, 0.3) is 0 Å². The molecule has 0 spiro atoms. The first-order valence-corrected chi connectivity index (χ1v) is 8.78. The maximum atomic E-state index is 2.43. The van der Waals surface area contributed by atoms with Crippen LogP contribution in [0.1, 0.15) is 65.5 Å². The third-order valence-electron chi connectivity index (χ3n) is 5.56. The van der Waals surface area contributed by atoms with Gasteiger partial charge in [-0.3, -0.25) is 0 Å². The third-order valence-corrected chi connectivity index (χ3v) is 5.56. The highest BCUT2D eigenvalue weighted by Crippen LogP contribution is 2.50. The van der Waals surface area contributed by atoms with Gasteiger partial charge in [0.2, 0.25) is 0 Å². The highest BCUT2D eigenvalue weighted by atomic mass is 14.5. The summed E-state index contributed by atoms with van der Waals surface area (Å²) in [6.07, 6.45) is 2.44. The molecule has 0 radical (unpaired) electrons. The molecular formula is C23H32. The summed E-state index contributed by atoms with van der Waals surface area (Å²) in [5, 5.41) is 0. The van der Waals surface area contributed by atoms with Crippen molar-refractivity contribution in [1.82, 2.24) is 0 Å². The fraction of sp³-hybridized carbons (Fsp3) is 0.478. The van der Waals surface area contributed by atoms with E-state index in [0.29, 0.717) is 5.41 Å². The Labute approximate surface area is 143 Å². The van der Waals surface area contributed by atoms with Gasteiger partial charge in [-0.1, -0.05) is 102 Å². The minimum absolute atomic E-state index is 0.000764. The average molecular weight is 309 g/mol. The minimum Gasteiger partial charge on any atom is -0.0622 e. The number of rotatable bonds is 5. The molecule has 0 saturated heterocycles. The molecule has 124 valence electrons. The van der Waals surface area contributed by atoms with E-state index in [2.05, 4.69) is 102 Å². The van der Waals surface area contributed by atoms with E-state index in [1.807, 2.05) is 0 Å². The highest BCUT2D eigenvalue weighted by molar-refractivity contribution is 5.40. The molecule has 0 aromatic heterocycles. The Morgan fingerprint density at radius 2 is 0.957 bits per heavy atom. The van der Waals surface area contributed by atoms with Crippen molar-refractivity contribution in [2.45, 2.75) is 59.8 Å². The molecule has 0 atom stereocenters. The lowest BCUT2D eigenvalue weighted by Crippen LogP contribution is -2.41. The fourth-order valence-electron chi connectivity index (χ4n) is 3.43. The van der Waals surface area contributed by atoms with E-state index in [-0.39, 0.29) is 10.8 Å². The summed E-state index contributed by atoms with van der Waals surface area (Å²) >= 11 is 0. The van der Waals surface area contributed by atoms with Crippen LogP contribution in [0.5, 0.6) is 0 Å². The quantitative estimate of drug-likeness (QED) is 0.567. The van der Waals surface area contributed by atoms with Gasteiger partial charge in [-0.05, 0) is 34.8 Å². The third kappa shape index (κ3) is 3.86. The molecule has 0 heterocycles. The standard InChI is InChI=1S/C23H32/c1-21(2,3)17-18-22(4,5)23(6,19-13-9-7-10-14-19)20-15-11-8-12-16-20/h7-16H,17-18H2,1-6H3. The van der Waals surface area contributed by atoms with Crippen molar-refractivity contribution in [1.29, 1.82) is 0 Å². The molecule has 0 amide bonds. The molecule has 0 aliphatic heterocycles. The first kappa shape index (κ1) is 17.8. The number of hydrogen-bond donors (Lipinski definition) is 0. The lowest BCUT2D eigenvalue weighted by atomic mass is 9.57. The van der Waals surface area contributed by atoms with Crippen LogP contribution in [-0.4, -0.2) is 0 Å². The Bertz CT molecular complexity index is 560. The van der Waals surface area contributed by atoms with Crippen molar-refractivity contribution in [2.24, 2.45) is 10.8 Å². The lowest BCUT2D eigenvalue weighted by Gasteiger charge is -2.46. The van der Waals surface area contributed by atoms with Crippen LogP contribution in [0.25, 0.3) is 0 Å². The van der Waals surface area contributed by atoms with Gasteiger partial charge in [0.15, 0.2) is 0 Å². The van der Waals surface area contributed by atoms with Crippen molar-refractivity contribution >= 4 is 0 Å². The van der Waals surface area contributed by atoms with Crippen LogP contribution < -0.4 is 0 Å².